The van der Waals surface area contributed by atoms with E-state index in [1.54, 1.807) is 24.3 Å². The van der Waals surface area contributed by atoms with Gasteiger partial charge in [0.2, 0.25) is 0 Å². The monoisotopic (exact) mass is 256 g/mol. The summed E-state index contributed by atoms with van der Waals surface area (Å²) in [6.07, 6.45) is 0. The van der Waals surface area contributed by atoms with E-state index in [9.17, 15) is 14.3 Å². The Hall–Kier alpha value is -2.69. The van der Waals surface area contributed by atoms with E-state index in [1.807, 2.05) is 0 Å². The number of hydrogen-bond acceptors (Lipinski definition) is 3. The predicted molar refractivity (Wildman–Crippen MR) is 69.4 cm³/mol. The second-order valence-electron chi connectivity index (χ2n) is 4.07. The summed E-state index contributed by atoms with van der Waals surface area (Å²) in [7, 11) is 0. The fourth-order valence-electron chi connectivity index (χ4n) is 1.92. The van der Waals surface area contributed by atoms with Crippen LogP contribution in [-0.2, 0) is 0 Å². The molecule has 0 amide bonds. The molecule has 0 aliphatic rings. The topological polar surface area (TPSA) is 66.0 Å². The van der Waals surface area contributed by atoms with Crippen molar-refractivity contribution in [3.63, 3.8) is 0 Å². The smallest absolute Gasteiger partial charge is 0.259 e. The van der Waals surface area contributed by atoms with Crippen LogP contribution in [0.4, 0.5) is 4.39 Å². The first-order valence-corrected chi connectivity index (χ1v) is 5.64. The van der Waals surface area contributed by atoms with Crippen LogP contribution < -0.4 is 5.56 Å². The Morgan fingerprint density at radius 3 is 2.74 bits per heavy atom. The summed E-state index contributed by atoms with van der Waals surface area (Å²) in [4.78, 5) is 18.7. The highest BCUT2D eigenvalue weighted by Crippen LogP contribution is 2.28. The van der Waals surface area contributed by atoms with Gasteiger partial charge in [-0.25, -0.2) is 9.37 Å². The van der Waals surface area contributed by atoms with Gasteiger partial charge in [-0.15, -0.1) is 0 Å². The van der Waals surface area contributed by atoms with Gasteiger partial charge in [0.25, 0.3) is 5.56 Å². The van der Waals surface area contributed by atoms with Gasteiger partial charge in [0.15, 0.2) is 11.6 Å². The summed E-state index contributed by atoms with van der Waals surface area (Å²) in [5, 5.41) is 10.1. The Labute approximate surface area is 107 Å². The minimum atomic E-state index is -0.756. The highest BCUT2D eigenvalue weighted by atomic mass is 19.1. The minimum Gasteiger partial charge on any atom is -0.504 e. The molecule has 0 aliphatic heterocycles. The molecule has 94 valence electrons. The first-order chi connectivity index (χ1) is 9.16. The molecule has 0 radical (unpaired) electrons. The number of nitrogens with zero attached hydrogens (tertiary/aromatic N) is 1. The van der Waals surface area contributed by atoms with Gasteiger partial charge in [0.1, 0.15) is 5.82 Å². The third kappa shape index (κ3) is 1.85. The number of H-pyrrole nitrogens is 1. The summed E-state index contributed by atoms with van der Waals surface area (Å²) in [5.41, 5.74) is 0.317. The van der Waals surface area contributed by atoms with Crippen molar-refractivity contribution in [2.45, 2.75) is 0 Å². The van der Waals surface area contributed by atoms with Crippen LogP contribution in [-0.4, -0.2) is 15.1 Å². The van der Waals surface area contributed by atoms with Crippen LogP contribution in [0, 0.1) is 5.82 Å². The Kier molecular flexibility index (Phi) is 2.52. The fraction of sp³-hybridized carbons (Fsp3) is 0. The SMILES string of the molecule is O=c1[nH]c(-c2cccc(F)c2O)nc2ccccc12. The maximum Gasteiger partial charge on any atom is 0.259 e. The highest BCUT2D eigenvalue weighted by molar-refractivity contribution is 5.80. The van der Waals surface area contributed by atoms with Crippen molar-refractivity contribution in [1.29, 1.82) is 0 Å². The molecule has 0 atom stereocenters. The van der Waals surface area contributed by atoms with Crippen LogP contribution in [0.1, 0.15) is 0 Å². The molecule has 3 rings (SSSR count). The van der Waals surface area contributed by atoms with Crippen LogP contribution in [0.5, 0.6) is 5.75 Å². The summed E-state index contributed by atoms with van der Waals surface area (Å²) in [6, 6.07) is 10.9. The van der Waals surface area contributed by atoms with Crippen LogP contribution in [0.25, 0.3) is 22.3 Å². The minimum absolute atomic E-state index is 0.140. The number of halogens is 1. The maximum absolute atomic E-state index is 13.3. The van der Waals surface area contributed by atoms with Crippen LogP contribution in [0.15, 0.2) is 47.3 Å². The molecule has 2 aromatic carbocycles. The number of aromatic hydroxyl groups is 1. The third-order valence-corrected chi connectivity index (χ3v) is 2.85. The van der Waals surface area contributed by atoms with E-state index < -0.39 is 11.6 Å². The van der Waals surface area contributed by atoms with Gasteiger partial charge in [-0.1, -0.05) is 18.2 Å². The standard InChI is InChI=1S/C14H9FN2O2/c15-10-6-3-5-9(12(10)18)13-16-11-7-2-1-4-8(11)14(19)17-13/h1-7,18H,(H,16,17,19). The van der Waals surface area contributed by atoms with Crippen LogP contribution in [0.3, 0.4) is 0 Å². The van der Waals surface area contributed by atoms with Gasteiger partial charge in [0.05, 0.1) is 16.5 Å². The zero-order chi connectivity index (χ0) is 13.4. The molecule has 4 nitrogen and oxygen atoms in total. The normalized spacial score (nSPS) is 10.8. The molecular weight excluding hydrogens is 247 g/mol. The molecule has 5 heteroatoms. The third-order valence-electron chi connectivity index (χ3n) is 2.85. The van der Waals surface area contributed by atoms with E-state index in [0.29, 0.717) is 10.9 Å². The number of aromatic nitrogens is 2. The average Bonchev–Trinajstić information content (AvgIpc) is 2.42. The van der Waals surface area contributed by atoms with Crippen LogP contribution >= 0.6 is 0 Å². The molecule has 0 unspecified atom stereocenters. The van der Waals surface area contributed by atoms with Gasteiger partial charge in [-0.3, -0.25) is 4.79 Å². The van der Waals surface area contributed by atoms with E-state index in [4.69, 9.17) is 0 Å². The fourth-order valence-corrected chi connectivity index (χ4v) is 1.92. The van der Waals surface area contributed by atoms with E-state index in [2.05, 4.69) is 9.97 Å². The van der Waals surface area contributed by atoms with E-state index in [1.165, 1.54) is 12.1 Å². The average molecular weight is 256 g/mol. The van der Waals surface area contributed by atoms with Crippen molar-refractivity contribution in [2.24, 2.45) is 0 Å². The number of rotatable bonds is 1. The van der Waals surface area contributed by atoms with Crippen molar-refractivity contribution in [3.05, 3.63) is 58.6 Å². The second kappa shape index (κ2) is 4.20. The number of fused-ring (bicyclic) bond motifs is 1. The number of aromatic amines is 1. The Balaban J connectivity index is 2.32. The van der Waals surface area contributed by atoms with Gasteiger partial charge in [0, 0.05) is 0 Å². The van der Waals surface area contributed by atoms with Gasteiger partial charge < -0.3 is 10.1 Å². The predicted octanol–water partition coefficient (Wildman–Crippen LogP) is 2.43. The lowest BCUT2D eigenvalue weighted by Gasteiger charge is -2.05. The molecule has 0 fully saturated rings. The quantitative estimate of drug-likeness (QED) is 0.702. The largest absolute Gasteiger partial charge is 0.504 e. The molecule has 1 heterocycles. The molecule has 0 bridgehead atoms. The zero-order valence-electron chi connectivity index (χ0n) is 9.72. The molecule has 1 aromatic heterocycles. The summed E-state index contributed by atoms with van der Waals surface area (Å²) < 4.78 is 13.3. The lowest BCUT2D eigenvalue weighted by Crippen LogP contribution is -2.09. The maximum atomic E-state index is 13.3. The van der Waals surface area contributed by atoms with Crippen molar-refractivity contribution < 1.29 is 9.50 Å². The summed E-state index contributed by atoms with van der Waals surface area (Å²) in [6.45, 7) is 0. The van der Waals surface area contributed by atoms with E-state index in [-0.39, 0.29) is 16.9 Å². The molecule has 2 N–H and O–H groups in total. The first-order valence-electron chi connectivity index (χ1n) is 5.64. The van der Waals surface area contributed by atoms with E-state index in [0.717, 1.165) is 6.07 Å². The van der Waals surface area contributed by atoms with Gasteiger partial charge >= 0.3 is 0 Å². The number of nitrogens with one attached hydrogen (secondary N) is 1. The Morgan fingerprint density at radius 2 is 1.89 bits per heavy atom. The zero-order valence-corrected chi connectivity index (χ0v) is 9.72. The number of phenols is 1. The van der Waals surface area contributed by atoms with Crippen molar-refractivity contribution in [1.82, 2.24) is 9.97 Å². The molecule has 0 saturated carbocycles. The Bertz CT molecular complexity index is 827. The van der Waals surface area contributed by atoms with Crippen LogP contribution in [0.2, 0.25) is 0 Å². The highest BCUT2D eigenvalue weighted by Gasteiger charge is 2.12. The second-order valence-corrected chi connectivity index (χ2v) is 4.07. The molecule has 19 heavy (non-hydrogen) atoms. The Morgan fingerprint density at radius 1 is 1.11 bits per heavy atom. The van der Waals surface area contributed by atoms with Crippen molar-refractivity contribution in [2.75, 3.05) is 0 Å². The first kappa shape index (κ1) is 11.4. The number of hydrogen-bond donors (Lipinski definition) is 2. The lowest BCUT2D eigenvalue weighted by molar-refractivity contribution is 0.434. The van der Waals surface area contributed by atoms with Crippen molar-refractivity contribution in [3.8, 4) is 17.1 Å². The van der Waals surface area contributed by atoms with Gasteiger partial charge in [-0.2, -0.15) is 0 Å². The lowest BCUT2D eigenvalue weighted by atomic mass is 10.1. The summed E-state index contributed by atoms with van der Waals surface area (Å²) in [5.74, 6) is -1.14. The molecule has 0 aliphatic carbocycles. The number of phenolic OH excluding ortho intramolecular Hbond substituents is 1. The molecule has 0 saturated heterocycles. The number of benzene rings is 2. The molecular formula is C14H9FN2O2. The molecule has 3 aromatic rings. The van der Waals surface area contributed by atoms with Gasteiger partial charge in [-0.05, 0) is 24.3 Å². The molecule has 0 spiro atoms. The summed E-state index contributed by atoms with van der Waals surface area (Å²) >= 11 is 0. The van der Waals surface area contributed by atoms with E-state index >= 15 is 0 Å². The van der Waals surface area contributed by atoms with Crippen molar-refractivity contribution >= 4 is 10.9 Å². The number of para-hydroxylation sites is 2.